The van der Waals surface area contributed by atoms with Crippen molar-refractivity contribution in [3.05, 3.63) is 0 Å². The molecule has 0 aromatic heterocycles. The smallest absolute Gasteiger partial charge is 0.0351 e. The topological polar surface area (TPSA) is 18.5 Å². The molecular weight excluding hydrogens is 198 g/mol. The van der Waals surface area contributed by atoms with E-state index in [0.29, 0.717) is 0 Å². The monoisotopic (exact) mass is 223 g/mol. The summed E-state index contributed by atoms with van der Waals surface area (Å²) in [5, 5.41) is 3.66. The third kappa shape index (κ3) is 2.01. The van der Waals surface area contributed by atoms with Gasteiger partial charge in [0.2, 0.25) is 0 Å². The lowest BCUT2D eigenvalue weighted by atomic mass is 9.92. The number of nitrogens with one attached hydrogen (secondary N) is 1. The standard InChI is InChI=1S/C13H25N3/c1-15-6-7-16-12(10-15)8-14-9-13(16)11-4-2-3-5-11/h11-14H,2-10H2,1H3. The zero-order valence-corrected chi connectivity index (χ0v) is 10.5. The van der Waals surface area contributed by atoms with Gasteiger partial charge in [0.05, 0.1) is 0 Å². The minimum atomic E-state index is 0.776. The third-order valence-corrected chi connectivity index (χ3v) is 4.83. The Morgan fingerprint density at radius 3 is 2.69 bits per heavy atom. The Morgan fingerprint density at radius 2 is 1.88 bits per heavy atom. The van der Waals surface area contributed by atoms with E-state index in [2.05, 4.69) is 22.2 Å². The molecule has 92 valence electrons. The van der Waals surface area contributed by atoms with Crippen molar-refractivity contribution >= 4 is 0 Å². The Kier molecular flexibility index (Phi) is 3.18. The zero-order valence-electron chi connectivity index (χ0n) is 10.5. The average Bonchev–Trinajstić information content (AvgIpc) is 2.81. The number of fused-ring (bicyclic) bond motifs is 1. The molecule has 3 nitrogen and oxygen atoms in total. The predicted molar refractivity (Wildman–Crippen MR) is 66.6 cm³/mol. The first-order valence-electron chi connectivity index (χ1n) is 6.99. The van der Waals surface area contributed by atoms with Gasteiger partial charge in [-0.15, -0.1) is 0 Å². The van der Waals surface area contributed by atoms with E-state index >= 15 is 0 Å². The molecule has 2 unspecified atom stereocenters. The molecule has 1 saturated carbocycles. The van der Waals surface area contributed by atoms with Crippen molar-refractivity contribution in [1.29, 1.82) is 0 Å². The van der Waals surface area contributed by atoms with Crippen molar-refractivity contribution in [3.63, 3.8) is 0 Å². The molecule has 0 spiro atoms. The number of rotatable bonds is 1. The van der Waals surface area contributed by atoms with Gasteiger partial charge < -0.3 is 10.2 Å². The zero-order chi connectivity index (χ0) is 11.0. The van der Waals surface area contributed by atoms with Crippen LogP contribution in [0.4, 0.5) is 0 Å². The lowest BCUT2D eigenvalue weighted by Crippen LogP contribution is -2.65. The fourth-order valence-electron chi connectivity index (χ4n) is 3.94. The van der Waals surface area contributed by atoms with E-state index in [9.17, 15) is 0 Å². The number of hydrogen-bond donors (Lipinski definition) is 1. The van der Waals surface area contributed by atoms with E-state index in [1.165, 1.54) is 58.4 Å². The molecule has 1 aliphatic carbocycles. The van der Waals surface area contributed by atoms with Crippen molar-refractivity contribution in [2.45, 2.75) is 37.8 Å². The molecule has 0 radical (unpaired) electrons. The van der Waals surface area contributed by atoms with Gasteiger partial charge in [-0.05, 0) is 25.8 Å². The van der Waals surface area contributed by atoms with Gasteiger partial charge in [-0.25, -0.2) is 0 Å². The molecule has 3 rings (SSSR count). The van der Waals surface area contributed by atoms with Crippen LogP contribution in [0.2, 0.25) is 0 Å². The van der Waals surface area contributed by atoms with Crippen LogP contribution in [0.1, 0.15) is 25.7 Å². The summed E-state index contributed by atoms with van der Waals surface area (Å²) < 4.78 is 0. The molecule has 3 fully saturated rings. The van der Waals surface area contributed by atoms with Gasteiger partial charge in [0.25, 0.3) is 0 Å². The van der Waals surface area contributed by atoms with Gasteiger partial charge in [0, 0.05) is 44.8 Å². The van der Waals surface area contributed by atoms with Gasteiger partial charge in [-0.2, -0.15) is 0 Å². The third-order valence-electron chi connectivity index (χ3n) is 4.83. The molecule has 2 aliphatic heterocycles. The average molecular weight is 223 g/mol. The first kappa shape index (κ1) is 11.0. The summed E-state index contributed by atoms with van der Waals surface area (Å²) >= 11 is 0. The van der Waals surface area contributed by atoms with Gasteiger partial charge >= 0.3 is 0 Å². The van der Waals surface area contributed by atoms with Crippen LogP contribution in [0, 0.1) is 5.92 Å². The summed E-state index contributed by atoms with van der Waals surface area (Å²) in [7, 11) is 2.26. The molecule has 0 aromatic rings. The molecular formula is C13H25N3. The highest BCUT2D eigenvalue weighted by Gasteiger charge is 2.38. The predicted octanol–water partition coefficient (Wildman–Crippen LogP) is 0.764. The van der Waals surface area contributed by atoms with Gasteiger partial charge in [-0.3, -0.25) is 4.90 Å². The van der Waals surface area contributed by atoms with Crippen LogP contribution in [-0.4, -0.2) is 61.7 Å². The summed E-state index contributed by atoms with van der Waals surface area (Å²) in [6, 6.07) is 1.62. The molecule has 2 saturated heterocycles. The van der Waals surface area contributed by atoms with Crippen molar-refractivity contribution < 1.29 is 0 Å². The van der Waals surface area contributed by atoms with Crippen LogP contribution in [0.15, 0.2) is 0 Å². The fraction of sp³-hybridized carbons (Fsp3) is 1.00. The maximum Gasteiger partial charge on any atom is 0.0351 e. The fourth-order valence-corrected chi connectivity index (χ4v) is 3.94. The van der Waals surface area contributed by atoms with E-state index in [1.54, 1.807) is 0 Å². The first-order chi connectivity index (χ1) is 7.84. The molecule has 0 bridgehead atoms. The molecule has 2 heterocycles. The SMILES string of the molecule is CN1CCN2C(CNCC2C2CCCC2)C1. The van der Waals surface area contributed by atoms with Crippen LogP contribution in [-0.2, 0) is 0 Å². The summed E-state index contributed by atoms with van der Waals surface area (Å²) in [5.41, 5.74) is 0. The maximum absolute atomic E-state index is 3.66. The van der Waals surface area contributed by atoms with E-state index in [0.717, 1.165) is 18.0 Å². The van der Waals surface area contributed by atoms with Crippen LogP contribution in [0.3, 0.4) is 0 Å². The first-order valence-corrected chi connectivity index (χ1v) is 6.99. The highest BCUT2D eigenvalue weighted by atomic mass is 15.3. The Morgan fingerprint density at radius 1 is 1.06 bits per heavy atom. The molecule has 16 heavy (non-hydrogen) atoms. The molecule has 0 aromatic carbocycles. The Labute approximate surface area is 99.2 Å². The summed E-state index contributed by atoms with van der Waals surface area (Å²) in [6.07, 6.45) is 5.90. The van der Waals surface area contributed by atoms with Crippen molar-refractivity contribution in [3.8, 4) is 0 Å². The largest absolute Gasteiger partial charge is 0.314 e. The van der Waals surface area contributed by atoms with Crippen LogP contribution in [0.25, 0.3) is 0 Å². The highest BCUT2D eigenvalue weighted by Crippen LogP contribution is 2.32. The molecule has 2 atom stereocenters. The van der Waals surface area contributed by atoms with Crippen molar-refractivity contribution in [2.24, 2.45) is 5.92 Å². The van der Waals surface area contributed by atoms with E-state index in [1.807, 2.05) is 0 Å². The summed E-state index contributed by atoms with van der Waals surface area (Å²) in [5.74, 6) is 0.985. The van der Waals surface area contributed by atoms with Gasteiger partial charge in [0.1, 0.15) is 0 Å². The molecule has 0 amide bonds. The second-order valence-corrected chi connectivity index (χ2v) is 5.92. The van der Waals surface area contributed by atoms with E-state index in [4.69, 9.17) is 0 Å². The Bertz CT molecular complexity index is 237. The quantitative estimate of drug-likeness (QED) is 0.708. The van der Waals surface area contributed by atoms with Gasteiger partial charge in [-0.1, -0.05) is 12.8 Å². The van der Waals surface area contributed by atoms with Crippen molar-refractivity contribution in [2.75, 3.05) is 39.8 Å². The van der Waals surface area contributed by atoms with Crippen LogP contribution in [0.5, 0.6) is 0 Å². The summed E-state index contributed by atoms with van der Waals surface area (Å²) in [4.78, 5) is 5.31. The van der Waals surface area contributed by atoms with E-state index in [-0.39, 0.29) is 0 Å². The van der Waals surface area contributed by atoms with Gasteiger partial charge in [0.15, 0.2) is 0 Å². The maximum atomic E-state index is 3.66. The Hall–Kier alpha value is -0.120. The number of hydrogen-bond acceptors (Lipinski definition) is 3. The number of piperazine rings is 2. The van der Waals surface area contributed by atoms with Crippen molar-refractivity contribution in [1.82, 2.24) is 15.1 Å². The van der Waals surface area contributed by atoms with Crippen LogP contribution < -0.4 is 5.32 Å². The number of nitrogens with zero attached hydrogens (tertiary/aromatic N) is 2. The second kappa shape index (κ2) is 4.63. The summed E-state index contributed by atoms with van der Waals surface area (Å²) in [6.45, 7) is 6.26. The van der Waals surface area contributed by atoms with E-state index < -0.39 is 0 Å². The highest BCUT2D eigenvalue weighted by molar-refractivity contribution is 4.95. The number of likely N-dealkylation sites (N-methyl/N-ethyl adjacent to an activating group) is 1. The molecule has 3 heteroatoms. The normalized spacial score (nSPS) is 38.8. The second-order valence-electron chi connectivity index (χ2n) is 5.92. The minimum absolute atomic E-state index is 0.776. The molecule has 3 aliphatic rings. The van der Waals surface area contributed by atoms with Crippen LogP contribution >= 0.6 is 0 Å². The lowest BCUT2D eigenvalue weighted by molar-refractivity contribution is 0.00724. The minimum Gasteiger partial charge on any atom is -0.314 e. The lowest BCUT2D eigenvalue weighted by Gasteiger charge is -2.49. The Balaban J connectivity index is 1.68. The molecule has 1 N–H and O–H groups in total.